The predicted octanol–water partition coefficient (Wildman–Crippen LogP) is 1.97. The van der Waals surface area contributed by atoms with Gasteiger partial charge in [-0.2, -0.15) is 5.26 Å². The third kappa shape index (κ3) is 4.12. The van der Waals surface area contributed by atoms with Gasteiger partial charge in [0, 0.05) is 32.4 Å². The molecule has 8 heteroatoms. The van der Waals surface area contributed by atoms with Crippen molar-refractivity contribution in [2.24, 2.45) is 17.8 Å². The summed E-state index contributed by atoms with van der Waals surface area (Å²) in [7, 11) is 0. The largest absolute Gasteiger partial charge is 0.353 e. The summed E-state index contributed by atoms with van der Waals surface area (Å²) >= 11 is 0. The molecule has 168 valence electrons. The van der Waals surface area contributed by atoms with Crippen molar-refractivity contribution in [2.45, 2.75) is 39.2 Å². The molecule has 0 bridgehead atoms. The molecule has 0 spiro atoms. The summed E-state index contributed by atoms with van der Waals surface area (Å²) in [4.78, 5) is 49.2. The summed E-state index contributed by atoms with van der Waals surface area (Å²) in [6.45, 7) is 6.14. The van der Waals surface area contributed by atoms with Crippen molar-refractivity contribution in [3.63, 3.8) is 0 Å². The summed E-state index contributed by atoms with van der Waals surface area (Å²) in [5.41, 5.74) is 0.549. The van der Waals surface area contributed by atoms with E-state index in [4.69, 9.17) is 5.26 Å². The first-order valence-electron chi connectivity index (χ1n) is 11.3. The monoisotopic (exact) mass is 435 g/mol. The van der Waals surface area contributed by atoms with Crippen molar-refractivity contribution in [1.29, 1.82) is 5.26 Å². The normalized spacial score (nSPS) is 24.0. The number of nitrogens with zero attached hydrogens (tertiary/aromatic N) is 5. The molecule has 0 aromatic carbocycles. The molecule has 1 aromatic heterocycles. The van der Waals surface area contributed by atoms with Crippen molar-refractivity contribution >= 4 is 23.5 Å². The molecule has 8 nitrogen and oxygen atoms in total. The first-order valence-corrected chi connectivity index (χ1v) is 11.3. The van der Waals surface area contributed by atoms with Crippen molar-refractivity contribution < 1.29 is 14.4 Å². The first-order chi connectivity index (χ1) is 15.4. The van der Waals surface area contributed by atoms with E-state index in [1.165, 1.54) is 4.90 Å². The first kappa shape index (κ1) is 22.0. The number of piperazine rings is 1. The van der Waals surface area contributed by atoms with Crippen molar-refractivity contribution in [3.8, 4) is 6.07 Å². The number of fused-ring (bicyclic) bond motifs is 1. The van der Waals surface area contributed by atoms with Crippen LogP contribution in [-0.4, -0.2) is 64.7 Å². The van der Waals surface area contributed by atoms with Crippen LogP contribution in [0, 0.1) is 29.1 Å². The average Bonchev–Trinajstić information content (AvgIpc) is 3.07. The minimum absolute atomic E-state index is 0.148. The van der Waals surface area contributed by atoms with E-state index in [-0.39, 0.29) is 35.5 Å². The second kappa shape index (κ2) is 9.11. The Bertz CT molecular complexity index is 948. The molecular formula is C24H29N5O3. The molecule has 3 aliphatic rings. The Morgan fingerprint density at radius 3 is 2.31 bits per heavy atom. The molecule has 0 unspecified atom stereocenters. The highest BCUT2D eigenvalue weighted by molar-refractivity contribution is 6.08. The predicted molar refractivity (Wildman–Crippen MR) is 118 cm³/mol. The lowest BCUT2D eigenvalue weighted by molar-refractivity contribution is -0.152. The molecule has 1 aromatic rings. The summed E-state index contributed by atoms with van der Waals surface area (Å²) in [6.07, 6.45) is 7.15. The molecular weight excluding hydrogens is 406 g/mol. The van der Waals surface area contributed by atoms with Gasteiger partial charge in [-0.05, 0) is 37.3 Å². The minimum atomic E-state index is -0.743. The van der Waals surface area contributed by atoms with Gasteiger partial charge in [-0.25, -0.2) is 4.98 Å². The molecule has 3 heterocycles. The fraction of sp³-hybridized carbons (Fsp3) is 0.542. The number of likely N-dealkylation sites (tertiary alicyclic amines) is 1. The minimum Gasteiger partial charge on any atom is -0.353 e. The van der Waals surface area contributed by atoms with Gasteiger partial charge >= 0.3 is 0 Å². The Labute approximate surface area is 188 Å². The highest BCUT2D eigenvalue weighted by Gasteiger charge is 2.51. The van der Waals surface area contributed by atoms with E-state index in [2.05, 4.69) is 16.0 Å². The maximum atomic E-state index is 13.5. The number of allylic oxidation sites excluding steroid dienone is 2. The van der Waals surface area contributed by atoms with Gasteiger partial charge in [0.1, 0.15) is 11.9 Å². The summed E-state index contributed by atoms with van der Waals surface area (Å²) in [5.74, 6) is -0.305. The number of hydrogen-bond donors (Lipinski definition) is 0. The third-order valence-corrected chi connectivity index (χ3v) is 6.62. The number of amides is 3. The van der Waals surface area contributed by atoms with Crippen LogP contribution in [0.4, 0.5) is 5.82 Å². The van der Waals surface area contributed by atoms with Gasteiger partial charge in [0.2, 0.25) is 17.7 Å². The highest BCUT2D eigenvalue weighted by atomic mass is 16.2. The van der Waals surface area contributed by atoms with Crippen molar-refractivity contribution in [3.05, 3.63) is 36.0 Å². The van der Waals surface area contributed by atoms with Gasteiger partial charge in [0.25, 0.3) is 0 Å². The van der Waals surface area contributed by atoms with E-state index >= 15 is 0 Å². The van der Waals surface area contributed by atoms with Crippen LogP contribution in [-0.2, 0) is 14.4 Å². The molecule has 3 amide bonds. The lowest BCUT2D eigenvalue weighted by atomic mass is 9.85. The van der Waals surface area contributed by atoms with Gasteiger partial charge in [0.05, 0.1) is 23.5 Å². The lowest BCUT2D eigenvalue weighted by Gasteiger charge is -2.38. The molecule has 0 N–H and O–H groups in total. The molecule has 1 aliphatic carbocycles. The van der Waals surface area contributed by atoms with Gasteiger partial charge < -0.3 is 9.80 Å². The van der Waals surface area contributed by atoms with E-state index < -0.39 is 6.04 Å². The molecule has 0 radical (unpaired) electrons. The van der Waals surface area contributed by atoms with Gasteiger partial charge in [-0.3, -0.25) is 19.3 Å². The average molecular weight is 436 g/mol. The zero-order valence-corrected chi connectivity index (χ0v) is 18.6. The number of hydrogen-bond acceptors (Lipinski definition) is 6. The lowest BCUT2D eigenvalue weighted by Crippen LogP contribution is -2.56. The standard InChI is InChI=1S/C24H29N5O3/c1-16(2)13-20(29-22(30)18-5-3-4-6-19(18)23(29)31)24(32)28-11-9-27(10-12-28)21-14-17(15-25)7-8-26-21/h3-4,7-8,14,16,18-20H,5-6,9-13H2,1-2H3/t18-,19-,20-/m1/s1. The summed E-state index contributed by atoms with van der Waals surface area (Å²) in [6, 6.07) is 4.79. The van der Waals surface area contributed by atoms with Crippen molar-refractivity contribution in [1.82, 2.24) is 14.8 Å². The number of rotatable bonds is 5. The highest BCUT2D eigenvalue weighted by Crippen LogP contribution is 2.37. The quantitative estimate of drug-likeness (QED) is 0.518. The number of anilines is 1. The van der Waals surface area contributed by atoms with E-state index in [1.807, 2.05) is 26.0 Å². The van der Waals surface area contributed by atoms with E-state index in [0.29, 0.717) is 51.0 Å². The SMILES string of the molecule is CC(C)C[C@H](C(=O)N1CCN(c2cc(C#N)ccn2)CC1)N1C(=O)[C@@H]2CC=CC[C@H]2C1=O. The van der Waals surface area contributed by atoms with Crippen LogP contribution in [0.3, 0.4) is 0 Å². The zero-order valence-electron chi connectivity index (χ0n) is 18.6. The van der Waals surface area contributed by atoms with Crippen LogP contribution in [0.5, 0.6) is 0 Å². The number of imide groups is 1. The van der Waals surface area contributed by atoms with E-state index in [9.17, 15) is 14.4 Å². The van der Waals surface area contributed by atoms with Crippen LogP contribution in [0.1, 0.15) is 38.7 Å². The maximum absolute atomic E-state index is 13.5. The number of pyridine rings is 1. The number of carbonyl (C=O) groups excluding carboxylic acids is 3. The molecule has 2 fully saturated rings. The topological polar surface area (TPSA) is 97.6 Å². The van der Waals surface area contributed by atoms with Crippen molar-refractivity contribution in [2.75, 3.05) is 31.1 Å². The summed E-state index contributed by atoms with van der Waals surface area (Å²) < 4.78 is 0. The third-order valence-electron chi connectivity index (χ3n) is 6.62. The van der Waals surface area contributed by atoms with Gasteiger partial charge in [0.15, 0.2) is 0 Å². The fourth-order valence-corrected chi connectivity index (χ4v) is 4.92. The van der Waals surface area contributed by atoms with E-state index in [0.717, 1.165) is 5.82 Å². The Balaban J connectivity index is 1.48. The van der Waals surface area contributed by atoms with Gasteiger partial charge in [-0.1, -0.05) is 26.0 Å². The molecule has 2 saturated heterocycles. The van der Waals surface area contributed by atoms with Gasteiger partial charge in [-0.15, -0.1) is 0 Å². The smallest absolute Gasteiger partial charge is 0.246 e. The fourth-order valence-electron chi connectivity index (χ4n) is 4.92. The maximum Gasteiger partial charge on any atom is 0.246 e. The van der Waals surface area contributed by atoms with E-state index in [1.54, 1.807) is 23.2 Å². The molecule has 2 aliphatic heterocycles. The Kier molecular flexibility index (Phi) is 6.26. The molecule has 3 atom stereocenters. The molecule has 4 rings (SSSR count). The number of carbonyl (C=O) groups is 3. The second-order valence-corrected chi connectivity index (χ2v) is 9.17. The van der Waals surface area contributed by atoms with Crippen LogP contribution in [0.2, 0.25) is 0 Å². The summed E-state index contributed by atoms with van der Waals surface area (Å²) in [5, 5.41) is 9.12. The van der Waals surface area contributed by atoms with Crippen LogP contribution < -0.4 is 4.90 Å². The van der Waals surface area contributed by atoms with Crippen LogP contribution in [0.15, 0.2) is 30.5 Å². The molecule has 0 saturated carbocycles. The zero-order chi connectivity index (χ0) is 22.8. The Morgan fingerprint density at radius 2 is 1.75 bits per heavy atom. The Hall–Kier alpha value is -3.21. The number of nitriles is 1. The number of aromatic nitrogens is 1. The van der Waals surface area contributed by atoms with Crippen LogP contribution >= 0.6 is 0 Å². The second-order valence-electron chi connectivity index (χ2n) is 9.17. The van der Waals surface area contributed by atoms with Crippen LogP contribution in [0.25, 0.3) is 0 Å². The Morgan fingerprint density at radius 1 is 1.12 bits per heavy atom. The molecule has 32 heavy (non-hydrogen) atoms.